The van der Waals surface area contributed by atoms with E-state index >= 15 is 0 Å². The van der Waals surface area contributed by atoms with Crippen molar-refractivity contribution in [2.45, 2.75) is 33.6 Å². The van der Waals surface area contributed by atoms with Crippen LogP contribution in [0.3, 0.4) is 0 Å². The molecule has 1 saturated carbocycles. The Balaban J connectivity index is 2.42. The zero-order valence-corrected chi connectivity index (χ0v) is 13.4. The van der Waals surface area contributed by atoms with E-state index in [0.717, 1.165) is 12.0 Å². The molecule has 0 aromatic rings. The van der Waals surface area contributed by atoms with Crippen molar-refractivity contribution in [1.82, 2.24) is 0 Å². The summed E-state index contributed by atoms with van der Waals surface area (Å²) in [5.41, 5.74) is -0.217. The Morgan fingerprint density at radius 1 is 1.62 bits per heavy atom. The number of carboxylic acid groups (broad SMARTS) is 1. The van der Waals surface area contributed by atoms with Crippen molar-refractivity contribution in [3.05, 3.63) is 21.8 Å². The first-order valence-corrected chi connectivity index (χ1v) is 7.75. The lowest BCUT2D eigenvalue weighted by Crippen LogP contribution is -2.59. The number of halogens is 1. The van der Waals surface area contributed by atoms with E-state index in [2.05, 4.69) is 0 Å². The van der Waals surface area contributed by atoms with Gasteiger partial charge in [-0.2, -0.15) is 0 Å². The second kappa shape index (κ2) is 5.27. The van der Waals surface area contributed by atoms with Crippen LogP contribution in [-0.4, -0.2) is 28.4 Å². The quantitative estimate of drug-likeness (QED) is 0.365. The summed E-state index contributed by atoms with van der Waals surface area (Å²) in [6.45, 7) is 5.26. The van der Waals surface area contributed by atoms with Crippen molar-refractivity contribution in [2.75, 3.05) is 12.4 Å². The molecule has 0 radical (unpaired) electrons. The molecule has 5 nitrogen and oxygen atoms in total. The number of rotatable bonds is 5. The molecule has 2 rings (SSSR count). The van der Waals surface area contributed by atoms with Crippen molar-refractivity contribution in [2.24, 2.45) is 28.6 Å². The molecule has 1 fully saturated rings. The lowest BCUT2D eigenvalue weighted by atomic mass is 9.46. The number of aliphatic carboxylic acids is 1. The van der Waals surface area contributed by atoms with Gasteiger partial charge in [-0.3, -0.25) is 14.9 Å². The van der Waals surface area contributed by atoms with Gasteiger partial charge in [-0.05, 0) is 30.1 Å². The molecule has 118 valence electrons. The summed E-state index contributed by atoms with van der Waals surface area (Å²) in [6, 6.07) is 0. The van der Waals surface area contributed by atoms with Crippen LogP contribution in [0.1, 0.15) is 33.6 Å². The molecule has 2 aliphatic carbocycles. The monoisotopic (exact) mass is 315 g/mol. The molecule has 0 saturated heterocycles. The van der Waals surface area contributed by atoms with Crippen molar-refractivity contribution in [1.29, 1.82) is 0 Å². The predicted molar refractivity (Wildman–Crippen MR) is 79.9 cm³/mol. The number of carbonyl (C=O) groups is 1. The summed E-state index contributed by atoms with van der Waals surface area (Å²) in [6.07, 6.45) is 3.46. The Hall–Kier alpha value is -1.10. The van der Waals surface area contributed by atoms with Crippen LogP contribution in [0.4, 0.5) is 0 Å². The van der Waals surface area contributed by atoms with Crippen LogP contribution >= 0.6 is 11.6 Å². The minimum absolute atomic E-state index is 0.0306. The predicted octanol–water partition coefficient (Wildman–Crippen LogP) is 3.20. The van der Waals surface area contributed by atoms with Gasteiger partial charge in [-0.15, -0.1) is 11.6 Å². The van der Waals surface area contributed by atoms with Crippen LogP contribution < -0.4 is 0 Å². The van der Waals surface area contributed by atoms with Gasteiger partial charge in [0.05, 0.1) is 11.3 Å². The van der Waals surface area contributed by atoms with E-state index in [-0.39, 0.29) is 17.4 Å². The van der Waals surface area contributed by atoms with Crippen LogP contribution in [0, 0.1) is 38.7 Å². The smallest absolute Gasteiger partial charge is 0.307 e. The highest BCUT2D eigenvalue weighted by Crippen LogP contribution is 2.64. The van der Waals surface area contributed by atoms with Crippen molar-refractivity contribution in [3.63, 3.8) is 0 Å². The van der Waals surface area contributed by atoms with Gasteiger partial charge >= 0.3 is 5.97 Å². The van der Waals surface area contributed by atoms with Gasteiger partial charge in [0.15, 0.2) is 0 Å². The topological polar surface area (TPSA) is 80.4 Å². The Morgan fingerprint density at radius 2 is 2.24 bits per heavy atom. The number of hydrogen-bond acceptors (Lipinski definition) is 3. The summed E-state index contributed by atoms with van der Waals surface area (Å²) < 4.78 is 0. The second-order valence-corrected chi connectivity index (χ2v) is 7.78. The maximum Gasteiger partial charge on any atom is 0.307 e. The second-order valence-electron chi connectivity index (χ2n) is 7.51. The molecule has 0 spiro atoms. The van der Waals surface area contributed by atoms with Gasteiger partial charge in [0.25, 0.3) is 0 Å². The Labute approximate surface area is 129 Å². The molecule has 0 aromatic carbocycles. The SMILES string of the molecule is CC(C)(C)C(C(=O)O)[C@@]1(C[N+](=O)[O-])C[C@@H]2CC(CCl)=C[C@@H]21. The summed E-state index contributed by atoms with van der Waals surface area (Å²) >= 11 is 5.88. The van der Waals surface area contributed by atoms with Gasteiger partial charge in [0.2, 0.25) is 6.54 Å². The van der Waals surface area contributed by atoms with Crippen LogP contribution in [0.2, 0.25) is 0 Å². The van der Waals surface area contributed by atoms with E-state index in [1.54, 1.807) is 0 Å². The summed E-state index contributed by atoms with van der Waals surface area (Å²) in [5, 5.41) is 20.9. The molecule has 1 unspecified atom stereocenters. The summed E-state index contributed by atoms with van der Waals surface area (Å²) in [5.74, 6) is -0.951. The standard InChI is InChI=1S/C15H22ClNO4/c1-14(2,3)12(13(18)19)15(8-17(20)21)6-10-4-9(7-16)5-11(10)15/h5,10-12H,4,6-8H2,1-3H3,(H,18,19)/t10-,11-,12?,15+/m0/s1. The molecular weight excluding hydrogens is 294 g/mol. The zero-order valence-electron chi connectivity index (χ0n) is 12.6. The Morgan fingerprint density at radius 3 is 2.67 bits per heavy atom. The molecule has 2 aliphatic rings. The third-order valence-electron chi connectivity index (χ3n) is 5.04. The lowest BCUT2D eigenvalue weighted by molar-refractivity contribution is -0.510. The fourth-order valence-corrected chi connectivity index (χ4v) is 4.81. The van der Waals surface area contributed by atoms with Gasteiger partial charge in [0, 0.05) is 10.8 Å². The molecule has 4 atom stereocenters. The highest BCUT2D eigenvalue weighted by molar-refractivity contribution is 6.19. The first-order chi connectivity index (χ1) is 9.61. The van der Waals surface area contributed by atoms with E-state index in [1.807, 2.05) is 26.8 Å². The number of carboxylic acids is 1. The van der Waals surface area contributed by atoms with Crippen molar-refractivity contribution < 1.29 is 14.8 Å². The van der Waals surface area contributed by atoms with E-state index < -0.39 is 22.7 Å². The Bertz CT molecular complexity index is 496. The van der Waals surface area contributed by atoms with Crippen LogP contribution in [-0.2, 0) is 4.79 Å². The highest BCUT2D eigenvalue weighted by Gasteiger charge is 2.65. The minimum Gasteiger partial charge on any atom is -0.481 e. The number of fused-ring (bicyclic) bond motifs is 1. The number of alkyl halides is 1. The number of nitro groups is 1. The summed E-state index contributed by atoms with van der Waals surface area (Å²) in [7, 11) is 0. The van der Waals surface area contributed by atoms with Crippen LogP contribution in [0.15, 0.2) is 11.6 Å². The van der Waals surface area contributed by atoms with Gasteiger partial charge in [0.1, 0.15) is 0 Å². The van der Waals surface area contributed by atoms with Gasteiger partial charge in [-0.25, -0.2) is 0 Å². The average Bonchev–Trinajstić information content (AvgIpc) is 2.63. The van der Waals surface area contributed by atoms with Crippen molar-refractivity contribution >= 4 is 17.6 Å². The van der Waals surface area contributed by atoms with E-state index in [0.29, 0.717) is 18.2 Å². The molecule has 1 N–H and O–H groups in total. The van der Waals surface area contributed by atoms with Gasteiger partial charge in [-0.1, -0.05) is 32.4 Å². The molecule has 0 heterocycles. The van der Waals surface area contributed by atoms with E-state index in [1.165, 1.54) is 0 Å². The maximum atomic E-state index is 11.8. The summed E-state index contributed by atoms with van der Waals surface area (Å²) in [4.78, 5) is 22.6. The molecule has 0 bridgehead atoms. The fraction of sp³-hybridized carbons (Fsp3) is 0.800. The molecule has 0 aromatic heterocycles. The molecule has 21 heavy (non-hydrogen) atoms. The molecule has 6 heteroatoms. The van der Waals surface area contributed by atoms with Crippen LogP contribution in [0.5, 0.6) is 0 Å². The van der Waals surface area contributed by atoms with Gasteiger partial charge < -0.3 is 5.11 Å². The first-order valence-electron chi connectivity index (χ1n) is 7.22. The molecule has 0 amide bonds. The van der Waals surface area contributed by atoms with Crippen molar-refractivity contribution in [3.8, 4) is 0 Å². The zero-order chi connectivity index (χ0) is 16.0. The fourth-order valence-electron chi connectivity index (χ4n) is 4.61. The number of hydrogen-bond donors (Lipinski definition) is 1. The lowest BCUT2D eigenvalue weighted by Gasteiger charge is -2.55. The normalized spacial score (nSPS) is 32.9. The maximum absolute atomic E-state index is 11.8. The Kier molecular flexibility index (Phi) is 4.08. The van der Waals surface area contributed by atoms with Crippen LogP contribution in [0.25, 0.3) is 0 Å². The minimum atomic E-state index is -0.935. The number of allylic oxidation sites excluding steroid dienone is 2. The largest absolute Gasteiger partial charge is 0.481 e. The molecular formula is C15H22ClNO4. The third-order valence-corrected chi connectivity index (χ3v) is 5.38. The third kappa shape index (κ3) is 2.68. The molecule has 0 aliphatic heterocycles. The first kappa shape index (κ1) is 16.3. The average molecular weight is 316 g/mol. The van der Waals surface area contributed by atoms with E-state index in [4.69, 9.17) is 11.6 Å². The number of nitrogens with zero attached hydrogens (tertiary/aromatic N) is 1. The highest BCUT2D eigenvalue weighted by atomic mass is 35.5. The van der Waals surface area contributed by atoms with E-state index in [9.17, 15) is 20.0 Å².